The van der Waals surface area contributed by atoms with Crippen molar-refractivity contribution in [2.75, 3.05) is 31.7 Å². The molecule has 0 bridgehead atoms. The summed E-state index contributed by atoms with van der Waals surface area (Å²) in [5.74, 6) is 0.683. The van der Waals surface area contributed by atoms with E-state index < -0.39 is 0 Å². The van der Waals surface area contributed by atoms with Crippen LogP contribution in [0.2, 0.25) is 0 Å². The molecule has 1 aliphatic heterocycles. The Morgan fingerprint density at radius 3 is 2.69 bits per heavy atom. The second-order valence-electron chi connectivity index (χ2n) is 8.17. The van der Waals surface area contributed by atoms with Gasteiger partial charge in [-0.25, -0.2) is 4.39 Å². The first kappa shape index (κ1) is 17.3. The molecule has 2 fully saturated rings. The Kier molecular flexibility index (Phi) is 4.14. The monoisotopic (exact) mass is 356 g/mol. The third-order valence-corrected chi connectivity index (χ3v) is 6.04. The quantitative estimate of drug-likeness (QED) is 0.892. The summed E-state index contributed by atoms with van der Waals surface area (Å²) in [6.07, 6.45) is 6.37. The van der Waals surface area contributed by atoms with Crippen LogP contribution in [0.25, 0.3) is 0 Å². The number of hydrogen-bond donors (Lipinski definition) is 1. The van der Waals surface area contributed by atoms with Crippen molar-refractivity contribution in [1.29, 1.82) is 0 Å². The highest BCUT2D eigenvalue weighted by Gasteiger charge is 2.59. The average Bonchev–Trinajstić information content (AvgIpc) is 2.59. The molecule has 0 amide bonds. The number of aryl methyl sites for hydroxylation is 1. The number of methoxy groups -OCH3 is 1. The number of aliphatic hydroxyl groups is 1. The van der Waals surface area contributed by atoms with Crippen LogP contribution < -0.4 is 9.64 Å². The van der Waals surface area contributed by atoms with E-state index >= 15 is 0 Å². The minimum Gasteiger partial charge on any atom is -0.496 e. The number of aromatic nitrogens is 1. The van der Waals surface area contributed by atoms with Crippen LogP contribution in [0.5, 0.6) is 5.75 Å². The molecular weight excluding hydrogens is 331 g/mol. The van der Waals surface area contributed by atoms with Gasteiger partial charge in [-0.1, -0.05) is 0 Å². The summed E-state index contributed by atoms with van der Waals surface area (Å²) in [7, 11) is 1.67. The minimum absolute atomic E-state index is 0.0822. The fourth-order valence-corrected chi connectivity index (χ4v) is 4.98. The summed E-state index contributed by atoms with van der Waals surface area (Å²) in [6.45, 7) is 3.94. The van der Waals surface area contributed by atoms with Gasteiger partial charge in [-0.2, -0.15) is 0 Å². The van der Waals surface area contributed by atoms with Crippen LogP contribution in [0.4, 0.5) is 10.1 Å². The number of anilines is 1. The topological polar surface area (TPSA) is 45.6 Å². The van der Waals surface area contributed by atoms with Crippen molar-refractivity contribution in [3.8, 4) is 5.75 Å². The van der Waals surface area contributed by atoms with E-state index in [1.54, 1.807) is 26.3 Å². The molecular formula is C21H25FN2O2. The fraction of sp³-hybridized carbons (Fsp3) is 0.476. The van der Waals surface area contributed by atoms with Crippen molar-refractivity contribution in [2.24, 2.45) is 10.8 Å². The lowest BCUT2D eigenvalue weighted by molar-refractivity contribution is -0.0914. The molecule has 26 heavy (non-hydrogen) atoms. The Morgan fingerprint density at radius 2 is 2.04 bits per heavy atom. The maximum Gasteiger partial charge on any atom is 0.126 e. The van der Waals surface area contributed by atoms with Crippen LogP contribution in [-0.4, -0.2) is 36.9 Å². The SMILES string of the molecule is COc1ccncc1CC1(CO)CC2(CN(c3ccc(F)c(C)c3)C2)C1. The second kappa shape index (κ2) is 6.23. The first-order valence-corrected chi connectivity index (χ1v) is 9.07. The highest BCUT2D eigenvalue weighted by Crippen LogP contribution is 2.60. The van der Waals surface area contributed by atoms with E-state index in [2.05, 4.69) is 9.88 Å². The minimum atomic E-state index is -0.155. The van der Waals surface area contributed by atoms with Crippen LogP contribution in [-0.2, 0) is 6.42 Å². The zero-order valence-corrected chi connectivity index (χ0v) is 15.3. The summed E-state index contributed by atoms with van der Waals surface area (Å²) in [5.41, 5.74) is 3.03. The van der Waals surface area contributed by atoms with E-state index in [-0.39, 0.29) is 23.3 Å². The van der Waals surface area contributed by atoms with Crippen LogP contribution in [0.15, 0.2) is 36.7 Å². The normalized spacial score (nSPS) is 19.8. The molecule has 138 valence electrons. The average molecular weight is 356 g/mol. The number of ether oxygens (including phenoxy) is 1. The lowest BCUT2D eigenvalue weighted by atomic mass is 9.48. The Morgan fingerprint density at radius 1 is 1.27 bits per heavy atom. The van der Waals surface area contributed by atoms with E-state index in [1.165, 1.54) is 0 Å². The summed E-state index contributed by atoms with van der Waals surface area (Å²) in [5, 5.41) is 10.0. The maximum atomic E-state index is 13.5. The Balaban J connectivity index is 1.41. The molecule has 2 aromatic rings. The standard InChI is InChI=1S/C21H25FN2O2/c1-15-7-17(3-4-18(15)22)24-12-21(13-24)10-20(11-21,14-25)8-16-9-23-6-5-19(16)26-2/h3-7,9,25H,8,10-14H2,1-2H3. The van der Waals surface area contributed by atoms with E-state index in [4.69, 9.17) is 4.74 Å². The molecule has 1 aromatic carbocycles. The lowest BCUT2D eigenvalue weighted by Gasteiger charge is -2.65. The van der Waals surface area contributed by atoms with Gasteiger partial charge in [0.15, 0.2) is 0 Å². The van der Waals surface area contributed by atoms with E-state index in [0.717, 1.165) is 49.4 Å². The van der Waals surface area contributed by atoms with Gasteiger partial charge in [-0.15, -0.1) is 0 Å². The van der Waals surface area contributed by atoms with Crippen molar-refractivity contribution in [1.82, 2.24) is 4.98 Å². The summed E-state index contributed by atoms with van der Waals surface area (Å²) >= 11 is 0. The Labute approximate surface area is 153 Å². The van der Waals surface area contributed by atoms with Crippen molar-refractivity contribution >= 4 is 5.69 Å². The first-order chi connectivity index (χ1) is 12.5. The predicted molar refractivity (Wildman–Crippen MR) is 99.0 cm³/mol. The molecule has 5 heteroatoms. The predicted octanol–water partition coefficient (Wildman–Crippen LogP) is 3.36. The number of pyridine rings is 1. The van der Waals surface area contributed by atoms with E-state index in [9.17, 15) is 9.50 Å². The van der Waals surface area contributed by atoms with Crippen LogP contribution in [0, 0.1) is 23.6 Å². The van der Waals surface area contributed by atoms with E-state index in [0.29, 0.717) is 5.56 Å². The molecule has 2 heterocycles. The van der Waals surface area contributed by atoms with Crippen molar-refractivity contribution in [3.63, 3.8) is 0 Å². The van der Waals surface area contributed by atoms with Crippen LogP contribution in [0.3, 0.4) is 0 Å². The molecule has 4 rings (SSSR count). The van der Waals surface area contributed by atoms with Gasteiger partial charge in [0, 0.05) is 48.8 Å². The highest BCUT2D eigenvalue weighted by molar-refractivity contribution is 5.52. The third-order valence-electron chi connectivity index (χ3n) is 6.04. The van der Waals surface area contributed by atoms with Crippen molar-refractivity contribution in [2.45, 2.75) is 26.2 Å². The van der Waals surface area contributed by atoms with Crippen LogP contribution >= 0.6 is 0 Å². The van der Waals surface area contributed by atoms with Gasteiger partial charge in [-0.3, -0.25) is 4.98 Å². The molecule has 0 radical (unpaired) electrons. The number of aliphatic hydroxyl groups excluding tert-OH is 1. The molecule has 1 spiro atoms. The van der Waals surface area contributed by atoms with Crippen LogP contribution in [0.1, 0.15) is 24.0 Å². The number of rotatable bonds is 5. The fourth-order valence-electron chi connectivity index (χ4n) is 4.98. The molecule has 1 saturated heterocycles. The van der Waals surface area contributed by atoms with Gasteiger partial charge >= 0.3 is 0 Å². The smallest absolute Gasteiger partial charge is 0.126 e. The second-order valence-corrected chi connectivity index (χ2v) is 8.17. The number of benzene rings is 1. The van der Waals surface area contributed by atoms with Gasteiger partial charge in [0.1, 0.15) is 11.6 Å². The van der Waals surface area contributed by atoms with Gasteiger partial charge in [-0.05, 0) is 61.4 Å². The van der Waals surface area contributed by atoms with Gasteiger partial charge in [0.25, 0.3) is 0 Å². The van der Waals surface area contributed by atoms with Gasteiger partial charge < -0.3 is 14.7 Å². The summed E-state index contributed by atoms with van der Waals surface area (Å²) in [6, 6.07) is 7.19. The molecule has 0 unspecified atom stereocenters. The molecule has 1 saturated carbocycles. The molecule has 2 aliphatic rings. The third kappa shape index (κ3) is 2.84. The number of halogens is 1. The first-order valence-electron chi connectivity index (χ1n) is 9.07. The molecule has 4 nitrogen and oxygen atoms in total. The number of nitrogens with zero attached hydrogens (tertiary/aromatic N) is 2. The van der Waals surface area contributed by atoms with Gasteiger partial charge in [0.2, 0.25) is 0 Å². The zero-order chi connectivity index (χ0) is 18.4. The molecule has 1 N–H and O–H groups in total. The summed E-state index contributed by atoms with van der Waals surface area (Å²) in [4.78, 5) is 6.51. The Bertz CT molecular complexity index is 809. The molecule has 0 atom stereocenters. The molecule has 1 aliphatic carbocycles. The largest absolute Gasteiger partial charge is 0.496 e. The maximum absolute atomic E-state index is 13.5. The number of hydrogen-bond acceptors (Lipinski definition) is 4. The Hall–Kier alpha value is -2.14. The highest BCUT2D eigenvalue weighted by atomic mass is 19.1. The van der Waals surface area contributed by atoms with Crippen molar-refractivity contribution < 1.29 is 14.2 Å². The van der Waals surface area contributed by atoms with Gasteiger partial charge in [0.05, 0.1) is 7.11 Å². The van der Waals surface area contributed by atoms with E-state index in [1.807, 2.05) is 24.4 Å². The lowest BCUT2D eigenvalue weighted by Crippen LogP contribution is -2.67. The molecule has 1 aromatic heterocycles. The zero-order valence-electron chi connectivity index (χ0n) is 15.3. The van der Waals surface area contributed by atoms with Crippen molar-refractivity contribution in [3.05, 3.63) is 53.6 Å². The summed E-state index contributed by atoms with van der Waals surface area (Å²) < 4.78 is 18.9.